The van der Waals surface area contributed by atoms with E-state index < -0.39 is 0 Å². The molecule has 2 nitrogen and oxygen atoms in total. The molecular formula is C12H20N2. The van der Waals surface area contributed by atoms with Crippen molar-refractivity contribution in [1.29, 1.82) is 0 Å². The maximum atomic E-state index is 4.66. The molecule has 0 saturated carbocycles. The summed E-state index contributed by atoms with van der Waals surface area (Å²) in [7, 11) is 0. The van der Waals surface area contributed by atoms with Crippen molar-refractivity contribution >= 4 is 0 Å². The van der Waals surface area contributed by atoms with Crippen LogP contribution < -0.4 is 0 Å². The van der Waals surface area contributed by atoms with Gasteiger partial charge in [-0.2, -0.15) is 5.10 Å². The molecule has 2 rings (SSSR count). The summed E-state index contributed by atoms with van der Waals surface area (Å²) in [6, 6.07) is 2.30. The second-order valence-corrected chi connectivity index (χ2v) is 5.32. The minimum Gasteiger partial charge on any atom is -0.269 e. The Bertz CT molecular complexity index is 334. The first-order valence-electron chi connectivity index (χ1n) is 5.59. The summed E-state index contributed by atoms with van der Waals surface area (Å²) < 4.78 is 2.21. The van der Waals surface area contributed by atoms with Crippen LogP contribution in [0.2, 0.25) is 0 Å². The first-order chi connectivity index (χ1) is 6.50. The van der Waals surface area contributed by atoms with Crippen molar-refractivity contribution in [2.24, 2.45) is 0 Å². The highest BCUT2D eigenvalue weighted by Gasteiger charge is 2.29. The van der Waals surface area contributed by atoms with Crippen molar-refractivity contribution in [2.45, 2.75) is 58.4 Å². The average Bonchev–Trinajstić information content (AvgIpc) is 2.48. The Kier molecular flexibility index (Phi) is 2.17. The zero-order chi connectivity index (χ0) is 10.3. The second-order valence-electron chi connectivity index (χ2n) is 5.32. The maximum Gasteiger partial charge on any atom is 0.0653 e. The van der Waals surface area contributed by atoms with Gasteiger partial charge >= 0.3 is 0 Å². The van der Waals surface area contributed by atoms with Crippen LogP contribution in [0.15, 0.2) is 6.07 Å². The van der Waals surface area contributed by atoms with Gasteiger partial charge < -0.3 is 0 Å². The lowest BCUT2D eigenvalue weighted by atomic mass is 9.82. The summed E-state index contributed by atoms with van der Waals surface area (Å²) >= 11 is 0. The molecule has 14 heavy (non-hydrogen) atoms. The Labute approximate surface area is 86.3 Å². The van der Waals surface area contributed by atoms with E-state index in [0.29, 0.717) is 11.3 Å². The maximum absolute atomic E-state index is 4.66. The molecule has 0 fully saturated rings. The van der Waals surface area contributed by atoms with Gasteiger partial charge in [0.05, 0.1) is 5.69 Å². The number of rotatable bonds is 1. The third-order valence-electron chi connectivity index (χ3n) is 3.26. The number of fused-ring (bicyclic) bond motifs is 1. The third-order valence-corrected chi connectivity index (χ3v) is 3.26. The first-order valence-corrected chi connectivity index (χ1v) is 5.59. The lowest BCUT2D eigenvalue weighted by molar-refractivity contribution is 0.343. The van der Waals surface area contributed by atoms with Gasteiger partial charge in [0.1, 0.15) is 0 Å². The van der Waals surface area contributed by atoms with Gasteiger partial charge in [-0.25, -0.2) is 0 Å². The van der Waals surface area contributed by atoms with Gasteiger partial charge in [-0.3, -0.25) is 4.68 Å². The molecule has 0 aromatic carbocycles. The Morgan fingerprint density at radius 1 is 1.43 bits per heavy atom. The number of aromatic nitrogens is 2. The molecule has 2 heteroatoms. The number of aryl methyl sites for hydroxylation is 1. The van der Waals surface area contributed by atoms with Crippen molar-refractivity contribution in [1.82, 2.24) is 9.78 Å². The van der Waals surface area contributed by atoms with Crippen LogP contribution in [0.25, 0.3) is 0 Å². The predicted molar refractivity (Wildman–Crippen MR) is 58.6 cm³/mol. The van der Waals surface area contributed by atoms with Crippen LogP contribution in [0, 0.1) is 0 Å². The molecule has 1 aliphatic heterocycles. The zero-order valence-corrected chi connectivity index (χ0v) is 9.67. The standard InChI is InChI=1S/C12H20N2/c1-9(2)10-8-11-12(3,4)6-5-7-14(11)13-10/h8-9H,5-7H2,1-4H3. The fraction of sp³-hybridized carbons (Fsp3) is 0.750. The van der Waals surface area contributed by atoms with E-state index in [2.05, 4.69) is 43.5 Å². The minimum absolute atomic E-state index is 0.318. The number of hydrogen-bond acceptors (Lipinski definition) is 1. The fourth-order valence-corrected chi connectivity index (χ4v) is 2.23. The predicted octanol–water partition coefficient (Wildman–Crippen LogP) is 3.08. The Morgan fingerprint density at radius 3 is 2.71 bits per heavy atom. The van der Waals surface area contributed by atoms with E-state index >= 15 is 0 Å². The summed E-state index contributed by atoms with van der Waals surface area (Å²) in [5, 5.41) is 4.66. The van der Waals surface area contributed by atoms with E-state index in [1.807, 2.05) is 0 Å². The molecule has 2 heterocycles. The number of hydrogen-bond donors (Lipinski definition) is 0. The molecule has 0 aliphatic carbocycles. The first kappa shape index (κ1) is 9.75. The quantitative estimate of drug-likeness (QED) is 0.668. The molecule has 0 radical (unpaired) electrons. The SMILES string of the molecule is CC(C)c1cc2n(n1)CCCC2(C)C. The topological polar surface area (TPSA) is 17.8 Å². The highest BCUT2D eigenvalue weighted by molar-refractivity contribution is 5.22. The normalized spacial score (nSPS) is 19.8. The monoisotopic (exact) mass is 192 g/mol. The van der Waals surface area contributed by atoms with Crippen LogP contribution in [-0.2, 0) is 12.0 Å². The van der Waals surface area contributed by atoms with Crippen LogP contribution in [0.1, 0.15) is 57.8 Å². The van der Waals surface area contributed by atoms with Crippen molar-refractivity contribution in [3.63, 3.8) is 0 Å². The van der Waals surface area contributed by atoms with Gasteiger partial charge in [-0.05, 0) is 24.8 Å². The van der Waals surface area contributed by atoms with Crippen LogP contribution in [0.3, 0.4) is 0 Å². The summed E-state index contributed by atoms with van der Waals surface area (Å²) in [5.74, 6) is 0.545. The van der Waals surface area contributed by atoms with Crippen LogP contribution in [0.4, 0.5) is 0 Å². The molecule has 0 bridgehead atoms. The Hall–Kier alpha value is -0.790. The lowest BCUT2D eigenvalue weighted by Crippen LogP contribution is -2.27. The molecular weight excluding hydrogens is 172 g/mol. The summed E-state index contributed by atoms with van der Waals surface area (Å²) in [5.41, 5.74) is 2.99. The van der Waals surface area contributed by atoms with Gasteiger partial charge in [0.2, 0.25) is 0 Å². The van der Waals surface area contributed by atoms with E-state index in [4.69, 9.17) is 0 Å². The summed E-state index contributed by atoms with van der Waals surface area (Å²) in [6.07, 6.45) is 2.55. The van der Waals surface area contributed by atoms with Crippen molar-refractivity contribution in [3.05, 3.63) is 17.5 Å². The van der Waals surface area contributed by atoms with E-state index in [-0.39, 0.29) is 0 Å². The average molecular weight is 192 g/mol. The van der Waals surface area contributed by atoms with Gasteiger partial charge in [-0.15, -0.1) is 0 Å². The summed E-state index contributed by atoms with van der Waals surface area (Å²) in [6.45, 7) is 10.2. The molecule has 78 valence electrons. The molecule has 1 aliphatic rings. The van der Waals surface area contributed by atoms with Gasteiger partial charge in [0, 0.05) is 17.7 Å². The number of nitrogens with zero attached hydrogens (tertiary/aromatic N) is 2. The lowest BCUT2D eigenvalue weighted by Gasteiger charge is -2.30. The van der Waals surface area contributed by atoms with Crippen molar-refractivity contribution in [3.8, 4) is 0 Å². The third kappa shape index (κ3) is 1.47. The van der Waals surface area contributed by atoms with Crippen molar-refractivity contribution in [2.75, 3.05) is 0 Å². The molecule has 0 atom stereocenters. The molecule has 0 amide bonds. The fourth-order valence-electron chi connectivity index (χ4n) is 2.23. The second kappa shape index (κ2) is 3.11. The molecule has 0 N–H and O–H groups in total. The highest BCUT2D eigenvalue weighted by Crippen LogP contribution is 2.34. The zero-order valence-electron chi connectivity index (χ0n) is 9.67. The van der Waals surface area contributed by atoms with Crippen LogP contribution in [-0.4, -0.2) is 9.78 Å². The molecule has 0 spiro atoms. The minimum atomic E-state index is 0.318. The van der Waals surface area contributed by atoms with Gasteiger partial charge in [-0.1, -0.05) is 27.7 Å². The van der Waals surface area contributed by atoms with E-state index in [1.54, 1.807) is 0 Å². The smallest absolute Gasteiger partial charge is 0.0653 e. The molecule has 0 saturated heterocycles. The molecule has 0 unspecified atom stereocenters. The Balaban J connectivity index is 2.44. The molecule has 1 aromatic heterocycles. The highest BCUT2D eigenvalue weighted by atomic mass is 15.3. The van der Waals surface area contributed by atoms with E-state index in [9.17, 15) is 0 Å². The molecule has 1 aromatic rings. The van der Waals surface area contributed by atoms with E-state index in [1.165, 1.54) is 24.2 Å². The largest absolute Gasteiger partial charge is 0.269 e. The van der Waals surface area contributed by atoms with Crippen molar-refractivity contribution < 1.29 is 0 Å². The van der Waals surface area contributed by atoms with E-state index in [0.717, 1.165) is 6.54 Å². The van der Waals surface area contributed by atoms with Gasteiger partial charge in [0.25, 0.3) is 0 Å². The summed E-state index contributed by atoms with van der Waals surface area (Å²) in [4.78, 5) is 0. The Morgan fingerprint density at radius 2 is 2.14 bits per heavy atom. The van der Waals surface area contributed by atoms with Gasteiger partial charge in [0.15, 0.2) is 0 Å². The van der Waals surface area contributed by atoms with Crippen LogP contribution >= 0.6 is 0 Å². The van der Waals surface area contributed by atoms with Crippen LogP contribution in [0.5, 0.6) is 0 Å².